The third-order valence-electron chi connectivity index (χ3n) is 2.39. The fraction of sp³-hybridized carbons (Fsp3) is 0.231. The molecule has 2 rings (SSSR count). The molecule has 0 amide bonds. The van der Waals surface area contributed by atoms with Gasteiger partial charge in [0.1, 0.15) is 6.61 Å². The summed E-state index contributed by atoms with van der Waals surface area (Å²) in [5.74, 6) is 0.468. The molecule has 2 aromatic rings. The van der Waals surface area contributed by atoms with Crippen molar-refractivity contribution in [2.75, 3.05) is 0 Å². The van der Waals surface area contributed by atoms with Gasteiger partial charge in [-0.25, -0.2) is 9.97 Å². The Morgan fingerprint density at radius 3 is 2.38 bits per heavy atom. The fourth-order valence-electron chi connectivity index (χ4n) is 1.57. The highest BCUT2D eigenvalue weighted by Crippen LogP contribution is 2.18. The number of aryl methyl sites for hydroxylation is 2. The zero-order chi connectivity index (χ0) is 11.5. The van der Waals surface area contributed by atoms with Crippen molar-refractivity contribution in [1.82, 2.24) is 9.97 Å². The van der Waals surface area contributed by atoms with E-state index in [0.717, 1.165) is 17.0 Å². The van der Waals surface area contributed by atoms with Gasteiger partial charge in [-0.3, -0.25) is 0 Å². The van der Waals surface area contributed by atoms with Gasteiger partial charge < -0.3 is 5.11 Å². The first-order chi connectivity index (χ1) is 7.69. The maximum atomic E-state index is 9.05. The van der Waals surface area contributed by atoms with Crippen LogP contribution >= 0.6 is 0 Å². The van der Waals surface area contributed by atoms with Crippen molar-refractivity contribution >= 4 is 0 Å². The Labute approximate surface area is 94.8 Å². The summed E-state index contributed by atoms with van der Waals surface area (Å²) in [6, 6.07) is 10.1. The van der Waals surface area contributed by atoms with E-state index in [-0.39, 0.29) is 6.61 Å². The molecule has 1 heterocycles. The van der Waals surface area contributed by atoms with Crippen LogP contribution in [0.25, 0.3) is 11.3 Å². The van der Waals surface area contributed by atoms with Crippen molar-refractivity contribution in [1.29, 1.82) is 0 Å². The average Bonchev–Trinajstić information content (AvgIpc) is 2.29. The average molecular weight is 214 g/mol. The highest BCUT2D eigenvalue weighted by atomic mass is 16.3. The standard InChI is InChI=1S/C13H14N2O/c1-9-3-5-11(6-4-9)12-7-10(2)14-13(8-16)15-12/h3-7,16H,8H2,1-2H3. The van der Waals surface area contributed by atoms with Crippen LogP contribution in [0.2, 0.25) is 0 Å². The molecule has 1 aromatic carbocycles. The molecule has 0 aliphatic carbocycles. The third kappa shape index (κ3) is 2.25. The lowest BCUT2D eigenvalue weighted by atomic mass is 10.1. The molecule has 0 bridgehead atoms. The molecule has 0 unspecified atom stereocenters. The molecule has 1 N–H and O–H groups in total. The van der Waals surface area contributed by atoms with E-state index in [1.54, 1.807) is 0 Å². The molecule has 0 atom stereocenters. The van der Waals surface area contributed by atoms with Crippen LogP contribution in [0.3, 0.4) is 0 Å². The number of rotatable bonds is 2. The largest absolute Gasteiger partial charge is 0.388 e. The van der Waals surface area contributed by atoms with E-state index in [1.165, 1.54) is 5.56 Å². The van der Waals surface area contributed by atoms with Gasteiger partial charge in [0.2, 0.25) is 0 Å². The van der Waals surface area contributed by atoms with Gasteiger partial charge in [-0.2, -0.15) is 0 Å². The molecule has 3 nitrogen and oxygen atoms in total. The predicted molar refractivity (Wildman–Crippen MR) is 62.9 cm³/mol. The SMILES string of the molecule is Cc1ccc(-c2cc(C)nc(CO)n2)cc1. The molecule has 0 aliphatic rings. The number of hydrogen-bond acceptors (Lipinski definition) is 3. The lowest BCUT2D eigenvalue weighted by Gasteiger charge is -2.04. The Balaban J connectivity index is 2.47. The van der Waals surface area contributed by atoms with Gasteiger partial charge in [-0.05, 0) is 19.9 Å². The summed E-state index contributed by atoms with van der Waals surface area (Å²) in [4.78, 5) is 8.43. The molecule has 82 valence electrons. The summed E-state index contributed by atoms with van der Waals surface area (Å²) in [5.41, 5.74) is 3.99. The minimum Gasteiger partial charge on any atom is -0.388 e. The van der Waals surface area contributed by atoms with E-state index < -0.39 is 0 Å². The smallest absolute Gasteiger partial charge is 0.154 e. The van der Waals surface area contributed by atoms with Gasteiger partial charge in [0.05, 0.1) is 5.69 Å². The topological polar surface area (TPSA) is 46.0 Å². The van der Waals surface area contributed by atoms with Gasteiger partial charge in [0.15, 0.2) is 5.82 Å². The van der Waals surface area contributed by atoms with Gasteiger partial charge in [0, 0.05) is 11.3 Å². The van der Waals surface area contributed by atoms with Crippen LogP contribution in [0.1, 0.15) is 17.1 Å². The quantitative estimate of drug-likeness (QED) is 0.834. The summed E-state index contributed by atoms with van der Waals surface area (Å²) in [6.45, 7) is 3.83. The molecule has 0 saturated heterocycles. The van der Waals surface area contributed by atoms with Crippen LogP contribution in [-0.4, -0.2) is 15.1 Å². The van der Waals surface area contributed by atoms with E-state index >= 15 is 0 Å². The Hall–Kier alpha value is -1.74. The van der Waals surface area contributed by atoms with E-state index in [2.05, 4.69) is 9.97 Å². The molecule has 1 aromatic heterocycles. The van der Waals surface area contributed by atoms with Crippen molar-refractivity contribution in [2.45, 2.75) is 20.5 Å². The van der Waals surface area contributed by atoms with Gasteiger partial charge in [-0.1, -0.05) is 29.8 Å². The fourth-order valence-corrected chi connectivity index (χ4v) is 1.57. The lowest BCUT2D eigenvalue weighted by molar-refractivity contribution is 0.271. The second kappa shape index (κ2) is 4.41. The van der Waals surface area contributed by atoms with Crippen LogP contribution in [0.4, 0.5) is 0 Å². The molecule has 0 saturated carbocycles. The van der Waals surface area contributed by atoms with E-state index in [1.807, 2.05) is 44.2 Å². The molecule has 16 heavy (non-hydrogen) atoms. The number of aromatic nitrogens is 2. The number of hydrogen-bond donors (Lipinski definition) is 1. The van der Waals surface area contributed by atoms with Crippen LogP contribution in [-0.2, 0) is 6.61 Å². The van der Waals surface area contributed by atoms with Crippen molar-refractivity contribution in [3.8, 4) is 11.3 Å². The molecular formula is C13H14N2O. The van der Waals surface area contributed by atoms with Gasteiger partial charge in [-0.15, -0.1) is 0 Å². The van der Waals surface area contributed by atoms with Crippen LogP contribution in [0.5, 0.6) is 0 Å². The van der Waals surface area contributed by atoms with Crippen LogP contribution in [0, 0.1) is 13.8 Å². The number of aliphatic hydroxyl groups is 1. The first kappa shape index (κ1) is 10.8. The minimum absolute atomic E-state index is 0.124. The van der Waals surface area contributed by atoms with E-state index in [0.29, 0.717) is 5.82 Å². The van der Waals surface area contributed by atoms with Gasteiger partial charge >= 0.3 is 0 Å². The third-order valence-corrected chi connectivity index (χ3v) is 2.39. The first-order valence-corrected chi connectivity index (χ1v) is 5.21. The van der Waals surface area contributed by atoms with Crippen molar-refractivity contribution in [2.24, 2.45) is 0 Å². The summed E-state index contributed by atoms with van der Waals surface area (Å²) in [5, 5.41) is 9.05. The van der Waals surface area contributed by atoms with Crippen LogP contribution < -0.4 is 0 Å². The Morgan fingerprint density at radius 1 is 1.06 bits per heavy atom. The summed E-state index contributed by atoms with van der Waals surface area (Å²) >= 11 is 0. The van der Waals surface area contributed by atoms with Crippen molar-refractivity contribution < 1.29 is 5.11 Å². The molecule has 0 radical (unpaired) electrons. The highest BCUT2D eigenvalue weighted by molar-refractivity contribution is 5.59. The number of nitrogens with zero attached hydrogens (tertiary/aromatic N) is 2. The molecular weight excluding hydrogens is 200 g/mol. The molecule has 0 fully saturated rings. The van der Waals surface area contributed by atoms with Crippen LogP contribution in [0.15, 0.2) is 30.3 Å². The second-order valence-electron chi connectivity index (χ2n) is 3.83. The van der Waals surface area contributed by atoms with Crippen molar-refractivity contribution in [3.05, 3.63) is 47.4 Å². The summed E-state index contributed by atoms with van der Waals surface area (Å²) in [6.07, 6.45) is 0. The maximum absolute atomic E-state index is 9.05. The van der Waals surface area contributed by atoms with Gasteiger partial charge in [0.25, 0.3) is 0 Å². The second-order valence-corrected chi connectivity index (χ2v) is 3.83. The Kier molecular flexibility index (Phi) is 2.97. The lowest BCUT2D eigenvalue weighted by Crippen LogP contribution is -1.98. The maximum Gasteiger partial charge on any atom is 0.154 e. The zero-order valence-corrected chi connectivity index (χ0v) is 9.44. The van der Waals surface area contributed by atoms with Crippen molar-refractivity contribution in [3.63, 3.8) is 0 Å². The predicted octanol–water partition coefficient (Wildman–Crippen LogP) is 2.25. The molecule has 0 spiro atoms. The molecule has 3 heteroatoms. The zero-order valence-electron chi connectivity index (χ0n) is 9.44. The summed E-state index contributed by atoms with van der Waals surface area (Å²) < 4.78 is 0. The van der Waals surface area contributed by atoms with E-state index in [9.17, 15) is 0 Å². The minimum atomic E-state index is -0.124. The molecule has 0 aliphatic heterocycles. The normalized spacial score (nSPS) is 10.4. The monoisotopic (exact) mass is 214 g/mol. The number of aliphatic hydroxyl groups excluding tert-OH is 1. The van der Waals surface area contributed by atoms with E-state index in [4.69, 9.17) is 5.11 Å². The Morgan fingerprint density at radius 2 is 1.75 bits per heavy atom. The Bertz CT molecular complexity index is 492. The first-order valence-electron chi connectivity index (χ1n) is 5.21. The summed E-state index contributed by atoms with van der Waals surface area (Å²) in [7, 11) is 0. The highest BCUT2D eigenvalue weighted by Gasteiger charge is 2.03. The number of benzene rings is 1.